The summed E-state index contributed by atoms with van der Waals surface area (Å²) in [5.41, 5.74) is 2.84. The number of rotatable bonds is 10. The molecule has 3 heteroatoms. The van der Waals surface area contributed by atoms with Crippen LogP contribution in [-0.2, 0) is 5.41 Å². The van der Waals surface area contributed by atoms with Gasteiger partial charge in [0, 0.05) is 12.1 Å². The molecule has 3 aromatic rings. The Morgan fingerprint density at radius 3 is 1.70 bits per heavy atom. The Kier molecular flexibility index (Phi) is 8.42. The quantitative estimate of drug-likeness (QED) is 0.320. The van der Waals surface area contributed by atoms with Crippen LogP contribution in [0.3, 0.4) is 0 Å². The predicted octanol–water partition coefficient (Wildman–Crippen LogP) is 7.85. The fourth-order valence-corrected chi connectivity index (χ4v) is 4.87. The van der Waals surface area contributed by atoms with Crippen LogP contribution < -0.4 is 0 Å². The number of nitrogens with zero attached hydrogens (tertiary/aromatic N) is 2. The van der Waals surface area contributed by atoms with E-state index in [0.29, 0.717) is 0 Å². The molecule has 0 bridgehead atoms. The van der Waals surface area contributed by atoms with Gasteiger partial charge in [-0.2, -0.15) is 5.26 Å². The first kappa shape index (κ1) is 24.7. The lowest BCUT2D eigenvalue weighted by atomic mass is 9.70. The Hall–Kier alpha value is -2.96. The van der Waals surface area contributed by atoms with Gasteiger partial charge in [0.05, 0.1) is 11.5 Å². The minimum atomic E-state index is -0.634. The van der Waals surface area contributed by atoms with Gasteiger partial charge in [-0.3, -0.25) is 4.90 Å². The number of nitriles is 1. The van der Waals surface area contributed by atoms with Crippen molar-refractivity contribution in [3.05, 3.63) is 107 Å². The molecule has 2 nitrogen and oxygen atoms in total. The predicted molar refractivity (Wildman–Crippen MR) is 134 cm³/mol. The maximum atomic E-state index is 13.5. The molecule has 3 aromatic carbocycles. The van der Waals surface area contributed by atoms with Crippen LogP contribution in [0.1, 0.15) is 69.3 Å². The largest absolute Gasteiger partial charge is 0.290 e. The molecule has 0 heterocycles. The molecule has 0 amide bonds. The molecule has 0 saturated heterocycles. The van der Waals surface area contributed by atoms with E-state index in [1.807, 2.05) is 12.1 Å². The van der Waals surface area contributed by atoms with Crippen molar-refractivity contribution in [2.75, 3.05) is 6.54 Å². The highest BCUT2D eigenvalue weighted by Crippen LogP contribution is 2.38. The van der Waals surface area contributed by atoms with Gasteiger partial charge in [-0.05, 0) is 68.0 Å². The summed E-state index contributed by atoms with van der Waals surface area (Å²) in [4.78, 5) is 2.53. The summed E-state index contributed by atoms with van der Waals surface area (Å²) in [7, 11) is 0. The van der Waals surface area contributed by atoms with Gasteiger partial charge in [0.25, 0.3) is 0 Å². The lowest BCUT2D eigenvalue weighted by molar-refractivity contribution is 0.146. The van der Waals surface area contributed by atoms with Crippen molar-refractivity contribution in [3.63, 3.8) is 0 Å². The molecule has 0 aromatic heterocycles. The van der Waals surface area contributed by atoms with Crippen molar-refractivity contribution in [3.8, 4) is 6.07 Å². The van der Waals surface area contributed by atoms with Crippen LogP contribution in [0.4, 0.5) is 4.39 Å². The molecule has 3 unspecified atom stereocenters. The van der Waals surface area contributed by atoms with Crippen molar-refractivity contribution < 1.29 is 4.39 Å². The maximum absolute atomic E-state index is 13.5. The standard InChI is InChI=1S/C30H35FN2/c1-23(2)30(22-32,28-16-18-29(31)19-17-28)20-11-21-33(24(3)26-12-7-5-8-13-26)25(4)27-14-9-6-10-15-27/h5-10,12-19,23-25H,11,20-21H2,1-4H3. The van der Waals surface area contributed by atoms with E-state index in [2.05, 4.69) is 87.2 Å². The second-order valence-corrected chi connectivity index (χ2v) is 9.26. The fraction of sp³-hybridized carbons (Fsp3) is 0.367. The number of hydrogen-bond donors (Lipinski definition) is 0. The molecule has 3 rings (SSSR count). The molecule has 3 atom stereocenters. The van der Waals surface area contributed by atoms with Gasteiger partial charge < -0.3 is 0 Å². The van der Waals surface area contributed by atoms with Crippen molar-refractivity contribution in [2.24, 2.45) is 5.92 Å². The summed E-state index contributed by atoms with van der Waals surface area (Å²) in [5.74, 6) is -0.145. The van der Waals surface area contributed by atoms with E-state index in [4.69, 9.17) is 0 Å². The third kappa shape index (κ3) is 5.70. The Morgan fingerprint density at radius 1 is 0.788 bits per heavy atom. The van der Waals surface area contributed by atoms with Crippen LogP contribution in [0.5, 0.6) is 0 Å². The SMILES string of the molecule is CC(c1ccccc1)N(CCCC(C#N)(c1ccc(F)cc1)C(C)C)C(C)c1ccccc1. The first-order valence-electron chi connectivity index (χ1n) is 11.9. The average molecular weight is 443 g/mol. The number of halogens is 1. The zero-order valence-electron chi connectivity index (χ0n) is 20.2. The first-order chi connectivity index (χ1) is 15.9. The minimum Gasteiger partial charge on any atom is -0.290 e. The summed E-state index contributed by atoms with van der Waals surface area (Å²) < 4.78 is 13.5. The van der Waals surface area contributed by atoms with Crippen molar-refractivity contribution in [2.45, 2.75) is 58.0 Å². The van der Waals surface area contributed by atoms with E-state index >= 15 is 0 Å². The van der Waals surface area contributed by atoms with Crippen molar-refractivity contribution >= 4 is 0 Å². The number of benzene rings is 3. The molecule has 0 fully saturated rings. The zero-order valence-corrected chi connectivity index (χ0v) is 20.2. The van der Waals surface area contributed by atoms with Crippen LogP contribution in [0.15, 0.2) is 84.9 Å². The van der Waals surface area contributed by atoms with Crippen LogP contribution in [0, 0.1) is 23.1 Å². The molecule has 0 aliphatic carbocycles. The van der Waals surface area contributed by atoms with Gasteiger partial charge in [0.1, 0.15) is 5.82 Å². The molecule has 0 radical (unpaired) electrons. The molecule has 0 N–H and O–H groups in total. The van der Waals surface area contributed by atoms with Crippen LogP contribution in [-0.4, -0.2) is 11.4 Å². The number of hydrogen-bond acceptors (Lipinski definition) is 2. The maximum Gasteiger partial charge on any atom is 0.123 e. The van der Waals surface area contributed by atoms with Crippen molar-refractivity contribution in [1.29, 1.82) is 5.26 Å². The third-order valence-corrected chi connectivity index (χ3v) is 7.09. The highest BCUT2D eigenvalue weighted by molar-refractivity contribution is 5.33. The van der Waals surface area contributed by atoms with Gasteiger partial charge in [-0.25, -0.2) is 4.39 Å². The zero-order chi connectivity index (χ0) is 23.8. The second kappa shape index (κ2) is 11.3. The fourth-order valence-electron chi connectivity index (χ4n) is 4.87. The summed E-state index contributed by atoms with van der Waals surface area (Å²) >= 11 is 0. The van der Waals surface area contributed by atoms with Gasteiger partial charge in [0.15, 0.2) is 0 Å². The average Bonchev–Trinajstić information content (AvgIpc) is 2.85. The van der Waals surface area contributed by atoms with Crippen molar-refractivity contribution in [1.82, 2.24) is 4.90 Å². The molecule has 0 aliphatic heterocycles. The highest BCUT2D eigenvalue weighted by atomic mass is 19.1. The van der Waals surface area contributed by atoms with Crippen LogP contribution in [0.2, 0.25) is 0 Å². The Morgan fingerprint density at radius 2 is 1.27 bits per heavy atom. The topological polar surface area (TPSA) is 27.0 Å². The van der Waals surface area contributed by atoms with E-state index in [1.165, 1.54) is 23.3 Å². The van der Waals surface area contributed by atoms with E-state index < -0.39 is 5.41 Å². The second-order valence-electron chi connectivity index (χ2n) is 9.26. The Balaban J connectivity index is 1.84. The summed E-state index contributed by atoms with van der Waals surface area (Å²) in [6.07, 6.45) is 1.60. The lowest BCUT2D eigenvalue weighted by Crippen LogP contribution is -2.35. The Bertz CT molecular complexity index is 979. The molecule has 33 heavy (non-hydrogen) atoms. The third-order valence-electron chi connectivity index (χ3n) is 7.09. The smallest absolute Gasteiger partial charge is 0.123 e. The molecular weight excluding hydrogens is 407 g/mol. The van der Waals surface area contributed by atoms with Gasteiger partial charge in [0.2, 0.25) is 0 Å². The summed E-state index contributed by atoms with van der Waals surface area (Å²) in [6.45, 7) is 9.56. The molecular formula is C30H35FN2. The van der Waals surface area contributed by atoms with Crippen LogP contribution in [0.25, 0.3) is 0 Å². The monoisotopic (exact) mass is 442 g/mol. The van der Waals surface area contributed by atoms with E-state index in [-0.39, 0.29) is 23.8 Å². The van der Waals surface area contributed by atoms with Gasteiger partial charge >= 0.3 is 0 Å². The van der Waals surface area contributed by atoms with Gasteiger partial charge in [-0.15, -0.1) is 0 Å². The Labute approximate surface area is 198 Å². The molecule has 0 aliphatic rings. The first-order valence-corrected chi connectivity index (χ1v) is 11.9. The summed E-state index contributed by atoms with van der Waals surface area (Å²) in [5, 5.41) is 10.3. The van der Waals surface area contributed by atoms with Gasteiger partial charge in [-0.1, -0.05) is 86.6 Å². The molecule has 0 spiro atoms. The normalized spacial score (nSPS) is 15.1. The highest BCUT2D eigenvalue weighted by Gasteiger charge is 2.36. The van der Waals surface area contributed by atoms with E-state index in [0.717, 1.165) is 24.9 Å². The lowest BCUT2D eigenvalue weighted by Gasteiger charge is -2.37. The van der Waals surface area contributed by atoms with Crippen LogP contribution >= 0.6 is 0 Å². The molecule has 0 saturated carbocycles. The van der Waals surface area contributed by atoms with E-state index in [1.54, 1.807) is 12.1 Å². The van der Waals surface area contributed by atoms with E-state index in [9.17, 15) is 9.65 Å². The minimum absolute atomic E-state index is 0.125. The molecule has 172 valence electrons. The summed E-state index contributed by atoms with van der Waals surface area (Å²) in [6, 6.07) is 30.7.